The highest BCUT2D eigenvalue weighted by Gasteiger charge is 2.33. The first-order valence-corrected chi connectivity index (χ1v) is 8.56. The summed E-state index contributed by atoms with van der Waals surface area (Å²) in [7, 11) is -3.65. The molecule has 1 aliphatic rings. The fourth-order valence-electron chi connectivity index (χ4n) is 2.10. The average molecular weight is 292 g/mol. The zero-order valence-electron chi connectivity index (χ0n) is 11.9. The Morgan fingerprint density at radius 1 is 1.16 bits per heavy atom. The van der Waals surface area contributed by atoms with Crippen LogP contribution in [-0.4, -0.2) is 49.9 Å². The van der Waals surface area contributed by atoms with Gasteiger partial charge in [-0.15, -0.1) is 0 Å². The number of nitrogens with one attached hydrogen (secondary N) is 1. The Kier molecular flexibility index (Phi) is 7.61. The van der Waals surface area contributed by atoms with E-state index in [9.17, 15) is 9.36 Å². The molecular formula is C12H25N2O4P. The molecule has 1 amide bonds. The molecule has 0 unspecified atom stereocenters. The number of hydrogen-bond donors (Lipinski definition) is 1. The van der Waals surface area contributed by atoms with E-state index in [0.29, 0.717) is 6.54 Å². The molecular weight excluding hydrogens is 267 g/mol. The van der Waals surface area contributed by atoms with Crippen molar-refractivity contribution in [1.29, 1.82) is 0 Å². The topological polar surface area (TPSA) is 67.9 Å². The number of carbonyl (C=O) groups excluding carboxylic acids is 1. The van der Waals surface area contributed by atoms with Crippen LogP contribution in [0.1, 0.15) is 33.1 Å². The lowest BCUT2D eigenvalue weighted by atomic mass is 10.1. The van der Waals surface area contributed by atoms with Crippen molar-refractivity contribution in [2.24, 2.45) is 0 Å². The fourth-order valence-corrected chi connectivity index (χ4v) is 3.39. The number of rotatable bonds is 8. The molecule has 1 rings (SSSR count). The van der Waals surface area contributed by atoms with E-state index in [1.165, 1.54) is 19.3 Å². The Hall–Kier alpha value is -0.420. The summed E-state index contributed by atoms with van der Waals surface area (Å²) < 4.78 is 22.1. The van der Waals surface area contributed by atoms with E-state index in [-0.39, 0.29) is 13.2 Å². The minimum Gasteiger partial charge on any atom is -0.344 e. The summed E-state index contributed by atoms with van der Waals surface area (Å²) in [5.74, 6) is 0. The van der Waals surface area contributed by atoms with Crippen molar-refractivity contribution in [3.63, 3.8) is 0 Å². The molecule has 0 atom stereocenters. The van der Waals surface area contributed by atoms with Gasteiger partial charge in [0.2, 0.25) is 0 Å². The van der Waals surface area contributed by atoms with Crippen molar-refractivity contribution in [1.82, 2.24) is 10.2 Å². The average Bonchev–Trinajstić information content (AvgIpc) is 2.40. The maximum Gasteiger partial charge on any atom is 0.418 e. The predicted molar refractivity (Wildman–Crippen MR) is 74.5 cm³/mol. The van der Waals surface area contributed by atoms with Gasteiger partial charge >= 0.3 is 13.2 Å². The normalized spacial score (nSPS) is 17.4. The maximum absolute atomic E-state index is 12.1. The van der Waals surface area contributed by atoms with Crippen LogP contribution in [-0.2, 0) is 13.6 Å². The minimum atomic E-state index is -3.65. The highest BCUT2D eigenvalue weighted by Crippen LogP contribution is 2.48. The Balaban J connectivity index is 2.33. The third-order valence-corrected chi connectivity index (χ3v) is 4.85. The molecule has 112 valence electrons. The third-order valence-electron chi connectivity index (χ3n) is 3.00. The molecule has 0 aliphatic carbocycles. The van der Waals surface area contributed by atoms with Crippen LogP contribution in [0.3, 0.4) is 0 Å². The van der Waals surface area contributed by atoms with Crippen molar-refractivity contribution in [3.05, 3.63) is 0 Å². The number of piperidine rings is 1. The van der Waals surface area contributed by atoms with Crippen LogP contribution in [0.4, 0.5) is 4.79 Å². The molecule has 0 aromatic heterocycles. The molecule has 0 aromatic carbocycles. The van der Waals surface area contributed by atoms with Crippen molar-refractivity contribution in [3.8, 4) is 0 Å². The van der Waals surface area contributed by atoms with Crippen LogP contribution >= 0.6 is 7.60 Å². The second-order valence-electron chi connectivity index (χ2n) is 4.47. The quantitative estimate of drug-likeness (QED) is 0.696. The van der Waals surface area contributed by atoms with Gasteiger partial charge in [0.05, 0.1) is 13.2 Å². The van der Waals surface area contributed by atoms with Gasteiger partial charge in [-0.1, -0.05) is 6.42 Å². The molecule has 1 saturated heterocycles. The molecule has 0 radical (unpaired) electrons. The molecule has 0 spiro atoms. The van der Waals surface area contributed by atoms with Crippen molar-refractivity contribution in [2.45, 2.75) is 33.1 Å². The number of hydrogen-bond acceptors (Lipinski definition) is 5. The van der Waals surface area contributed by atoms with Gasteiger partial charge < -0.3 is 19.3 Å². The first-order chi connectivity index (χ1) is 9.12. The van der Waals surface area contributed by atoms with E-state index in [2.05, 4.69) is 10.2 Å². The van der Waals surface area contributed by atoms with Crippen LogP contribution in [0, 0.1) is 0 Å². The molecule has 0 bridgehead atoms. The maximum atomic E-state index is 12.1. The number of nitrogens with zero attached hydrogens (tertiary/aromatic N) is 1. The van der Waals surface area contributed by atoms with Crippen LogP contribution in [0.15, 0.2) is 0 Å². The minimum absolute atomic E-state index is 0.191. The lowest BCUT2D eigenvalue weighted by molar-refractivity contribution is 0.203. The highest BCUT2D eigenvalue weighted by molar-refractivity contribution is 7.71. The molecule has 1 fully saturated rings. The van der Waals surface area contributed by atoms with E-state index in [4.69, 9.17) is 9.05 Å². The summed E-state index contributed by atoms with van der Waals surface area (Å²) in [6.07, 6.45) is 3.71. The van der Waals surface area contributed by atoms with Crippen LogP contribution in [0.5, 0.6) is 0 Å². The monoisotopic (exact) mass is 292 g/mol. The molecule has 6 nitrogen and oxygen atoms in total. The fraction of sp³-hybridized carbons (Fsp3) is 0.917. The Bertz CT molecular complexity index is 309. The largest absolute Gasteiger partial charge is 0.418 e. The molecule has 0 saturated carbocycles. The second-order valence-corrected chi connectivity index (χ2v) is 6.38. The molecule has 19 heavy (non-hydrogen) atoms. The van der Waals surface area contributed by atoms with Gasteiger partial charge in [0.15, 0.2) is 0 Å². The van der Waals surface area contributed by atoms with E-state index in [1.807, 2.05) is 0 Å². The molecule has 7 heteroatoms. The molecule has 1 aliphatic heterocycles. The highest BCUT2D eigenvalue weighted by atomic mass is 31.2. The van der Waals surface area contributed by atoms with Gasteiger partial charge in [-0.25, -0.2) is 4.57 Å². The van der Waals surface area contributed by atoms with Crippen molar-refractivity contribution in [2.75, 3.05) is 39.4 Å². The van der Waals surface area contributed by atoms with E-state index < -0.39 is 13.2 Å². The Labute approximate surface area is 115 Å². The Morgan fingerprint density at radius 2 is 1.74 bits per heavy atom. The SMILES string of the molecule is CCOP(=O)(OCC)C(=O)NCCN1CCCCC1. The second kappa shape index (κ2) is 8.69. The number of carbonyl (C=O) groups is 1. The van der Waals surface area contributed by atoms with Crippen LogP contribution < -0.4 is 5.32 Å². The third kappa shape index (κ3) is 5.61. The van der Waals surface area contributed by atoms with Gasteiger partial charge in [-0.05, 0) is 39.8 Å². The van der Waals surface area contributed by atoms with Gasteiger partial charge in [0.25, 0.3) is 0 Å². The number of amides is 1. The van der Waals surface area contributed by atoms with Crippen LogP contribution in [0.2, 0.25) is 0 Å². The van der Waals surface area contributed by atoms with E-state index >= 15 is 0 Å². The summed E-state index contributed by atoms with van der Waals surface area (Å²) in [6, 6.07) is 0. The zero-order valence-corrected chi connectivity index (χ0v) is 12.8. The summed E-state index contributed by atoms with van der Waals surface area (Å²) >= 11 is 0. The predicted octanol–water partition coefficient (Wildman–Crippen LogP) is 2.45. The van der Waals surface area contributed by atoms with Gasteiger partial charge in [0.1, 0.15) is 0 Å². The van der Waals surface area contributed by atoms with E-state index in [1.54, 1.807) is 13.8 Å². The van der Waals surface area contributed by atoms with Crippen molar-refractivity contribution >= 4 is 13.2 Å². The summed E-state index contributed by atoms with van der Waals surface area (Å²) in [5, 5.41) is 2.65. The first-order valence-electron chi connectivity index (χ1n) is 7.02. The van der Waals surface area contributed by atoms with Gasteiger partial charge in [0, 0.05) is 13.1 Å². The molecule has 1 N–H and O–H groups in total. The summed E-state index contributed by atoms with van der Waals surface area (Å²) in [6.45, 7) is 7.16. The smallest absolute Gasteiger partial charge is 0.344 e. The van der Waals surface area contributed by atoms with Gasteiger partial charge in [-0.2, -0.15) is 0 Å². The van der Waals surface area contributed by atoms with E-state index in [0.717, 1.165) is 19.6 Å². The van der Waals surface area contributed by atoms with Gasteiger partial charge in [-0.3, -0.25) is 4.79 Å². The zero-order chi connectivity index (χ0) is 14.1. The first kappa shape index (κ1) is 16.6. The standard InChI is InChI=1S/C12H25N2O4P/c1-3-17-19(16,18-4-2)12(15)13-8-11-14-9-6-5-7-10-14/h3-11H2,1-2H3,(H,13,15). The Morgan fingerprint density at radius 3 is 2.26 bits per heavy atom. The van der Waals surface area contributed by atoms with Crippen molar-refractivity contribution < 1.29 is 18.4 Å². The molecule has 1 heterocycles. The lowest BCUT2D eigenvalue weighted by Gasteiger charge is -2.26. The lowest BCUT2D eigenvalue weighted by Crippen LogP contribution is -2.37. The van der Waals surface area contributed by atoms with Crippen LogP contribution in [0.25, 0.3) is 0 Å². The summed E-state index contributed by atoms with van der Waals surface area (Å²) in [5.41, 5.74) is -0.631. The number of likely N-dealkylation sites (tertiary alicyclic amines) is 1. The molecule has 0 aromatic rings. The summed E-state index contributed by atoms with van der Waals surface area (Å²) in [4.78, 5) is 14.1.